The van der Waals surface area contributed by atoms with E-state index in [2.05, 4.69) is 0 Å². The summed E-state index contributed by atoms with van der Waals surface area (Å²) >= 11 is 0. The van der Waals surface area contributed by atoms with Gasteiger partial charge in [0.05, 0.1) is 5.56 Å². The van der Waals surface area contributed by atoms with Crippen molar-refractivity contribution in [2.45, 2.75) is 37.8 Å². The minimum Gasteiger partial charge on any atom is -0.396 e. The normalized spacial score (nSPS) is 25.1. The van der Waals surface area contributed by atoms with Gasteiger partial charge in [0.25, 0.3) is 0 Å². The Labute approximate surface area is 105 Å². The molecule has 1 nitrogen and oxygen atoms in total. The molecule has 0 radical (unpaired) electrons. The number of rotatable bonds is 2. The smallest absolute Gasteiger partial charge is 0.396 e. The fourth-order valence-electron chi connectivity index (χ4n) is 2.62. The van der Waals surface area contributed by atoms with E-state index in [0.717, 1.165) is 43.4 Å². The maximum atomic E-state index is 12.4. The summed E-state index contributed by atoms with van der Waals surface area (Å²) < 4.78 is 37.3. The summed E-state index contributed by atoms with van der Waals surface area (Å²) in [6, 6.07) is 5.50. The third-order valence-electron chi connectivity index (χ3n) is 3.81. The molecular weight excluding hydrogens is 241 g/mol. The highest BCUT2D eigenvalue weighted by Gasteiger charge is 2.30. The molecule has 0 heterocycles. The Bertz CT molecular complexity index is 375. The molecule has 1 fully saturated rings. The number of halogens is 3. The van der Waals surface area contributed by atoms with Gasteiger partial charge in [0.2, 0.25) is 0 Å². The van der Waals surface area contributed by atoms with Gasteiger partial charge >= 0.3 is 6.18 Å². The van der Waals surface area contributed by atoms with Crippen LogP contribution in [0.3, 0.4) is 0 Å². The zero-order valence-corrected chi connectivity index (χ0v) is 10.1. The zero-order valence-electron chi connectivity index (χ0n) is 10.1. The maximum Gasteiger partial charge on any atom is 0.416 e. The molecule has 0 atom stereocenters. The van der Waals surface area contributed by atoms with E-state index < -0.39 is 11.7 Å². The molecule has 0 saturated heterocycles. The Kier molecular flexibility index (Phi) is 3.95. The molecule has 0 aromatic heterocycles. The third kappa shape index (κ3) is 3.05. The quantitative estimate of drug-likeness (QED) is 0.851. The molecule has 18 heavy (non-hydrogen) atoms. The lowest BCUT2D eigenvalue weighted by Gasteiger charge is -2.27. The lowest BCUT2D eigenvalue weighted by molar-refractivity contribution is -0.137. The van der Waals surface area contributed by atoms with Gasteiger partial charge in [-0.15, -0.1) is 0 Å². The number of aliphatic hydroxyl groups is 1. The standard InChI is InChI=1S/C14H17F3O/c15-14(16,17)13-7-5-12(6-8-13)11-3-1-10(9-18)2-4-11/h5-8,10-11,18H,1-4,9H2. The van der Waals surface area contributed by atoms with Crippen LogP contribution in [-0.2, 0) is 6.18 Å². The van der Waals surface area contributed by atoms with E-state index in [1.54, 1.807) is 12.1 Å². The second kappa shape index (κ2) is 5.31. The monoisotopic (exact) mass is 258 g/mol. The van der Waals surface area contributed by atoms with E-state index in [-0.39, 0.29) is 6.61 Å². The first-order chi connectivity index (χ1) is 8.50. The van der Waals surface area contributed by atoms with Crippen LogP contribution < -0.4 is 0 Å². The molecule has 1 aliphatic rings. The van der Waals surface area contributed by atoms with Crippen molar-refractivity contribution in [3.05, 3.63) is 35.4 Å². The summed E-state index contributed by atoms with van der Waals surface area (Å²) in [5.41, 5.74) is 0.398. The van der Waals surface area contributed by atoms with Gasteiger partial charge in [-0.1, -0.05) is 12.1 Å². The van der Waals surface area contributed by atoms with E-state index >= 15 is 0 Å². The number of hydrogen-bond donors (Lipinski definition) is 1. The Morgan fingerprint density at radius 3 is 2.00 bits per heavy atom. The van der Waals surface area contributed by atoms with Gasteiger partial charge in [-0.05, 0) is 55.2 Å². The van der Waals surface area contributed by atoms with Crippen LogP contribution >= 0.6 is 0 Å². The van der Waals surface area contributed by atoms with Crippen LogP contribution in [0.15, 0.2) is 24.3 Å². The maximum absolute atomic E-state index is 12.4. The van der Waals surface area contributed by atoms with Crippen molar-refractivity contribution in [3.63, 3.8) is 0 Å². The Hall–Kier alpha value is -1.03. The van der Waals surface area contributed by atoms with Crippen LogP contribution in [-0.4, -0.2) is 11.7 Å². The fraction of sp³-hybridized carbons (Fsp3) is 0.571. The van der Waals surface area contributed by atoms with Crippen LogP contribution in [0.5, 0.6) is 0 Å². The number of alkyl halides is 3. The van der Waals surface area contributed by atoms with E-state index in [1.807, 2.05) is 0 Å². The highest BCUT2D eigenvalue weighted by molar-refractivity contribution is 5.27. The lowest BCUT2D eigenvalue weighted by Crippen LogP contribution is -2.16. The van der Waals surface area contributed by atoms with E-state index in [9.17, 15) is 13.2 Å². The third-order valence-corrected chi connectivity index (χ3v) is 3.81. The fourth-order valence-corrected chi connectivity index (χ4v) is 2.62. The Morgan fingerprint density at radius 2 is 1.56 bits per heavy atom. The molecule has 0 spiro atoms. The first-order valence-corrected chi connectivity index (χ1v) is 6.28. The van der Waals surface area contributed by atoms with Gasteiger partial charge in [-0.2, -0.15) is 13.2 Å². The zero-order chi connectivity index (χ0) is 13.2. The minimum absolute atomic E-state index is 0.222. The molecule has 4 heteroatoms. The molecule has 2 rings (SSSR count). The summed E-state index contributed by atoms with van der Waals surface area (Å²) in [4.78, 5) is 0. The van der Waals surface area contributed by atoms with Crippen LogP contribution in [0.2, 0.25) is 0 Å². The molecule has 1 aromatic carbocycles. The van der Waals surface area contributed by atoms with Crippen LogP contribution in [0.1, 0.15) is 42.7 Å². The van der Waals surface area contributed by atoms with Crippen molar-refractivity contribution < 1.29 is 18.3 Å². The summed E-state index contributed by atoms with van der Waals surface area (Å²) in [6.45, 7) is 0.222. The minimum atomic E-state index is -4.26. The highest BCUT2D eigenvalue weighted by atomic mass is 19.4. The van der Waals surface area contributed by atoms with Gasteiger partial charge in [-0.25, -0.2) is 0 Å². The van der Waals surface area contributed by atoms with Crippen LogP contribution in [0, 0.1) is 5.92 Å². The second-order valence-corrected chi connectivity index (χ2v) is 5.02. The molecule has 0 aliphatic heterocycles. The van der Waals surface area contributed by atoms with Crippen LogP contribution in [0.4, 0.5) is 13.2 Å². The second-order valence-electron chi connectivity index (χ2n) is 5.02. The molecule has 1 N–H and O–H groups in total. The molecule has 0 bridgehead atoms. The molecule has 1 aliphatic carbocycles. The van der Waals surface area contributed by atoms with Gasteiger partial charge in [0.1, 0.15) is 0 Å². The number of hydrogen-bond acceptors (Lipinski definition) is 1. The first-order valence-electron chi connectivity index (χ1n) is 6.28. The number of aliphatic hydroxyl groups excluding tert-OH is 1. The van der Waals surface area contributed by atoms with Crippen LogP contribution in [0.25, 0.3) is 0 Å². The van der Waals surface area contributed by atoms with Crippen molar-refractivity contribution in [2.24, 2.45) is 5.92 Å². The molecule has 0 unspecified atom stereocenters. The summed E-state index contributed by atoms with van der Waals surface area (Å²) in [7, 11) is 0. The van der Waals surface area contributed by atoms with Gasteiger partial charge in [0.15, 0.2) is 0 Å². The van der Waals surface area contributed by atoms with Crippen molar-refractivity contribution in [1.29, 1.82) is 0 Å². The number of benzene rings is 1. The molecule has 100 valence electrons. The topological polar surface area (TPSA) is 20.2 Å². The molecule has 1 aromatic rings. The lowest BCUT2D eigenvalue weighted by atomic mass is 9.79. The SMILES string of the molecule is OCC1CCC(c2ccc(C(F)(F)F)cc2)CC1. The van der Waals surface area contributed by atoms with Crippen molar-refractivity contribution in [3.8, 4) is 0 Å². The molecule has 1 saturated carbocycles. The summed E-state index contributed by atoms with van der Waals surface area (Å²) in [6.07, 6.45) is -0.426. The van der Waals surface area contributed by atoms with Gasteiger partial charge in [-0.3, -0.25) is 0 Å². The highest BCUT2D eigenvalue weighted by Crippen LogP contribution is 2.37. The predicted octanol–water partition coefficient (Wildman–Crippen LogP) is 3.97. The summed E-state index contributed by atoms with van der Waals surface area (Å²) in [5, 5.41) is 9.05. The first kappa shape index (κ1) is 13.4. The average Bonchev–Trinajstić information content (AvgIpc) is 2.38. The Morgan fingerprint density at radius 1 is 1.00 bits per heavy atom. The largest absolute Gasteiger partial charge is 0.416 e. The van der Waals surface area contributed by atoms with Crippen molar-refractivity contribution >= 4 is 0 Å². The predicted molar refractivity (Wildman–Crippen MR) is 63.2 cm³/mol. The van der Waals surface area contributed by atoms with Gasteiger partial charge < -0.3 is 5.11 Å². The van der Waals surface area contributed by atoms with Crippen molar-refractivity contribution in [2.75, 3.05) is 6.61 Å². The molecule has 0 amide bonds. The van der Waals surface area contributed by atoms with Gasteiger partial charge in [0, 0.05) is 6.61 Å². The summed E-state index contributed by atoms with van der Waals surface area (Å²) in [5.74, 6) is 0.714. The van der Waals surface area contributed by atoms with E-state index in [0.29, 0.717) is 11.8 Å². The van der Waals surface area contributed by atoms with E-state index in [1.165, 1.54) is 0 Å². The Balaban J connectivity index is 2.02. The van der Waals surface area contributed by atoms with Crippen molar-refractivity contribution in [1.82, 2.24) is 0 Å². The molecular formula is C14H17F3O. The average molecular weight is 258 g/mol. The van der Waals surface area contributed by atoms with E-state index in [4.69, 9.17) is 5.11 Å².